The van der Waals surface area contributed by atoms with Crippen LogP contribution < -0.4 is 0 Å². The van der Waals surface area contributed by atoms with Crippen molar-refractivity contribution in [1.82, 2.24) is 4.57 Å². The van der Waals surface area contributed by atoms with Gasteiger partial charge in [0.05, 0.1) is 10.4 Å². The molecule has 4 nitrogen and oxygen atoms in total. The fraction of sp³-hybridized carbons (Fsp3) is 0.280. The first-order chi connectivity index (χ1) is 14.3. The van der Waals surface area contributed by atoms with Crippen LogP contribution in [0, 0.1) is 17.0 Å². The van der Waals surface area contributed by atoms with Gasteiger partial charge < -0.3 is 4.57 Å². The van der Waals surface area contributed by atoms with Crippen LogP contribution in [-0.4, -0.2) is 17.6 Å². The van der Waals surface area contributed by atoms with Crippen LogP contribution in [0.25, 0.3) is 32.9 Å². The summed E-state index contributed by atoms with van der Waals surface area (Å²) in [6.07, 6.45) is 1.12. The number of nitro benzene ring substituents is 1. The first-order valence-corrected chi connectivity index (χ1v) is 14.2. The minimum Gasteiger partial charge on any atom is -0.340 e. The lowest BCUT2D eigenvalue weighted by atomic mass is 9.98. The quantitative estimate of drug-likeness (QED) is 0.187. The first-order valence-electron chi connectivity index (χ1n) is 10.5. The van der Waals surface area contributed by atoms with Crippen molar-refractivity contribution < 1.29 is 4.92 Å². The molecule has 0 aliphatic rings. The summed E-state index contributed by atoms with van der Waals surface area (Å²) < 4.78 is 2.39. The lowest BCUT2D eigenvalue weighted by molar-refractivity contribution is -0.384. The molecule has 0 bridgehead atoms. The van der Waals surface area contributed by atoms with E-state index in [0.717, 1.165) is 29.3 Å². The fourth-order valence-corrected chi connectivity index (χ4v) is 5.57. The number of hydrogen-bond acceptors (Lipinski definition) is 2. The molecule has 0 aliphatic carbocycles. The Morgan fingerprint density at radius 2 is 1.67 bits per heavy atom. The van der Waals surface area contributed by atoms with Gasteiger partial charge in [0.2, 0.25) is 0 Å². The minimum absolute atomic E-state index is 0.143. The van der Waals surface area contributed by atoms with E-state index in [1.165, 1.54) is 28.3 Å². The van der Waals surface area contributed by atoms with Crippen molar-refractivity contribution in [2.24, 2.45) is 0 Å². The Balaban J connectivity index is 1.99. The van der Waals surface area contributed by atoms with Crippen molar-refractivity contribution in [3.05, 3.63) is 76.3 Å². The van der Waals surface area contributed by atoms with E-state index in [9.17, 15) is 10.1 Å². The highest BCUT2D eigenvalue weighted by Crippen LogP contribution is 2.38. The largest absolute Gasteiger partial charge is 0.340 e. The molecule has 0 radical (unpaired) electrons. The summed E-state index contributed by atoms with van der Waals surface area (Å²) in [7, 11) is -1.14. The maximum absolute atomic E-state index is 11.4. The highest BCUT2D eigenvalue weighted by Gasteiger charge is 2.19. The standard InChI is InChI=1S/C25H28N2O2Si/c1-18-9-5-6-10-20(18)21-11-7-12-22-23-17-19(27(28)29)13-14-24(23)26(25(21)22)15-8-16-30(2,3)4/h5-7,9-14,17H,8,15-16H2,1-4H3. The van der Waals surface area contributed by atoms with Crippen LogP contribution >= 0.6 is 0 Å². The smallest absolute Gasteiger partial charge is 0.270 e. The van der Waals surface area contributed by atoms with Crippen LogP contribution in [0.15, 0.2) is 60.7 Å². The van der Waals surface area contributed by atoms with Crippen molar-refractivity contribution in [1.29, 1.82) is 0 Å². The number of para-hydroxylation sites is 1. The number of nitro groups is 1. The molecular weight excluding hydrogens is 388 g/mol. The summed E-state index contributed by atoms with van der Waals surface area (Å²) in [4.78, 5) is 11.1. The molecule has 3 aromatic carbocycles. The Hall–Kier alpha value is -2.92. The number of nitrogens with zero attached hydrogens (tertiary/aromatic N) is 2. The van der Waals surface area contributed by atoms with Gasteiger partial charge in [-0.15, -0.1) is 0 Å². The van der Waals surface area contributed by atoms with E-state index in [2.05, 4.69) is 73.6 Å². The van der Waals surface area contributed by atoms with Gasteiger partial charge in [0.1, 0.15) is 0 Å². The second-order valence-electron chi connectivity index (χ2n) is 9.29. The Morgan fingerprint density at radius 1 is 0.933 bits per heavy atom. The molecule has 0 aliphatic heterocycles. The average Bonchev–Trinajstić information content (AvgIpc) is 3.01. The maximum Gasteiger partial charge on any atom is 0.270 e. The van der Waals surface area contributed by atoms with Gasteiger partial charge in [-0.25, -0.2) is 0 Å². The molecule has 4 aromatic rings. The molecule has 0 unspecified atom stereocenters. The zero-order valence-electron chi connectivity index (χ0n) is 18.1. The van der Waals surface area contributed by atoms with Crippen LogP contribution in [0.4, 0.5) is 5.69 Å². The number of non-ortho nitro benzene ring substituents is 1. The van der Waals surface area contributed by atoms with Gasteiger partial charge in [0.25, 0.3) is 5.69 Å². The molecule has 1 aromatic heterocycles. The summed E-state index contributed by atoms with van der Waals surface area (Å²) >= 11 is 0. The molecule has 30 heavy (non-hydrogen) atoms. The van der Waals surface area contributed by atoms with E-state index in [0.29, 0.717) is 0 Å². The SMILES string of the molecule is Cc1ccccc1-c1cccc2c3cc([N+](=O)[O-])ccc3n(CCC[Si](C)(C)C)c12. The molecule has 5 heteroatoms. The number of hydrogen-bond donors (Lipinski definition) is 0. The van der Waals surface area contributed by atoms with E-state index in [1.54, 1.807) is 12.1 Å². The predicted molar refractivity (Wildman–Crippen MR) is 129 cm³/mol. The molecule has 0 spiro atoms. The molecular formula is C25H28N2O2Si. The molecule has 0 atom stereocenters. The van der Waals surface area contributed by atoms with Crippen LogP contribution in [0.2, 0.25) is 25.7 Å². The highest BCUT2D eigenvalue weighted by atomic mass is 28.3. The molecule has 1 heterocycles. The zero-order valence-corrected chi connectivity index (χ0v) is 19.1. The monoisotopic (exact) mass is 416 g/mol. The first kappa shape index (κ1) is 20.4. The third kappa shape index (κ3) is 3.77. The molecule has 0 saturated heterocycles. The number of rotatable bonds is 6. The normalized spacial score (nSPS) is 12.0. The van der Waals surface area contributed by atoms with Gasteiger partial charge >= 0.3 is 0 Å². The molecule has 4 rings (SSSR count). The van der Waals surface area contributed by atoms with Crippen molar-refractivity contribution in [3.8, 4) is 11.1 Å². The Bertz CT molecular complexity index is 1250. The third-order valence-electron chi connectivity index (χ3n) is 5.82. The Kier molecular flexibility index (Phi) is 5.24. The van der Waals surface area contributed by atoms with Crippen molar-refractivity contribution >= 4 is 35.6 Å². The number of fused-ring (bicyclic) bond motifs is 3. The van der Waals surface area contributed by atoms with E-state index in [4.69, 9.17) is 0 Å². The van der Waals surface area contributed by atoms with E-state index in [1.807, 2.05) is 6.07 Å². The molecule has 0 amide bonds. The number of aryl methyl sites for hydroxylation is 2. The van der Waals surface area contributed by atoms with Gasteiger partial charge in [0, 0.05) is 48.6 Å². The van der Waals surface area contributed by atoms with E-state index >= 15 is 0 Å². The fourth-order valence-electron chi connectivity index (χ4n) is 4.35. The van der Waals surface area contributed by atoms with E-state index < -0.39 is 8.07 Å². The van der Waals surface area contributed by atoms with Crippen LogP contribution in [0.3, 0.4) is 0 Å². The topological polar surface area (TPSA) is 48.1 Å². The van der Waals surface area contributed by atoms with Crippen molar-refractivity contribution in [2.45, 2.75) is 45.6 Å². The number of aromatic nitrogens is 1. The van der Waals surface area contributed by atoms with Gasteiger partial charge in [-0.05, 0) is 30.5 Å². The molecule has 154 valence electrons. The molecule has 0 N–H and O–H groups in total. The summed E-state index contributed by atoms with van der Waals surface area (Å²) in [5, 5.41) is 13.5. The maximum atomic E-state index is 11.4. The number of benzene rings is 3. The second-order valence-corrected chi connectivity index (χ2v) is 14.9. The van der Waals surface area contributed by atoms with Gasteiger partial charge in [-0.3, -0.25) is 10.1 Å². The summed E-state index contributed by atoms with van der Waals surface area (Å²) in [6.45, 7) is 10.3. The Morgan fingerprint density at radius 3 is 2.37 bits per heavy atom. The Labute approximate surface area is 178 Å². The lowest BCUT2D eigenvalue weighted by Gasteiger charge is -2.17. The summed E-state index contributed by atoms with van der Waals surface area (Å²) in [5.41, 5.74) is 6.04. The molecule has 0 fully saturated rings. The van der Waals surface area contributed by atoms with Gasteiger partial charge in [0.15, 0.2) is 0 Å². The van der Waals surface area contributed by atoms with Crippen molar-refractivity contribution in [2.75, 3.05) is 0 Å². The van der Waals surface area contributed by atoms with E-state index in [-0.39, 0.29) is 10.6 Å². The average molecular weight is 417 g/mol. The third-order valence-corrected chi connectivity index (χ3v) is 7.68. The van der Waals surface area contributed by atoms with Gasteiger partial charge in [-0.1, -0.05) is 68.1 Å². The van der Waals surface area contributed by atoms with Crippen LogP contribution in [0.5, 0.6) is 0 Å². The van der Waals surface area contributed by atoms with Crippen LogP contribution in [-0.2, 0) is 6.54 Å². The molecule has 0 saturated carbocycles. The van der Waals surface area contributed by atoms with Gasteiger partial charge in [-0.2, -0.15) is 0 Å². The summed E-state index contributed by atoms with van der Waals surface area (Å²) in [6, 6.07) is 21.3. The lowest BCUT2D eigenvalue weighted by Crippen LogP contribution is -2.19. The second kappa shape index (κ2) is 7.72. The van der Waals surface area contributed by atoms with Crippen LogP contribution in [0.1, 0.15) is 12.0 Å². The van der Waals surface area contributed by atoms with Crippen molar-refractivity contribution in [3.63, 3.8) is 0 Å². The minimum atomic E-state index is -1.14. The summed E-state index contributed by atoms with van der Waals surface area (Å²) in [5.74, 6) is 0. The highest BCUT2D eigenvalue weighted by molar-refractivity contribution is 6.76. The predicted octanol–water partition coefficient (Wildman–Crippen LogP) is 7.41. The zero-order chi connectivity index (χ0) is 21.5.